The Bertz CT molecular complexity index is 1180. The number of nitrogen functional groups attached to an aromatic ring is 1. The van der Waals surface area contributed by atoms with Gasteiger partial charge in [0, 0.05) is 37.8 Å². The Morgan fingerprint density at radius 3 is 2.63 bits per heavy atom. The molecule has 0 unspecified atom stereocenters. The van der Waals surface area contributed by atoms with Crippen LogP contribution in [0.1, 0.15) is 11.6 Å². The van der Waals surface area contributed by atoms with Gasteiger partial charge in [0.25, 0.3) is 5.89 Å². The Hall–Kier alpha value is -3.59. The van der Waals surface area contributed by atoms with Gasteiger partial charge in [-0.3, -0.25) is 4.90 Å². The van der Waals surface area contributed by atoms with Gasteiger partial charge in [-0.15, -0.1) is 0 Å². The van der Waals surface area contributed by atoms with Gasteiger partial charge >= 0.3 is 0 Å². The second-order valence-corrected chi connectivity index (χ2v) is 7.33. The number of hydrogen-bond acceptors (Lipinski definition) is 9. The number of piperazine rings is 1. The summed E-state index contributed by atoms with van der Waals surface area (Å²) >= 11 is 0. The zero-order valence-corrected chi connectivity index (χ0v) is 16.7. The van der Waals surface area contributed by atoms with Gasteiger partial charge in [0.05, 0.1) is 17.6 Å². The van der Waals surface area contributed by atoms with Crippen molar-refractivity contribution in [3.63, 3.8) is 0 Å². The first-order valence-electron chi connectivity index (χ1n) is 9.91. The van der Waals surface area contributed by atoms with Crippen molar-refractivity contribution in [2.24, 2.45) is 0 Å². The zero-order chi connectivity index (χ0) is 20.5. The maximum absolute atomic E-state index is 6.13. The Labute approximate surface area is 173 Å². The maximum atomic E-state index is 6.13. The highest BCUT2D eigenvalue weighted by Gasteiger charge is 2.23. The molecule has 9 nitrogen and oxygen atoms in total. The molecular formula is C21H22N8O. The third-order valence-corrected chi connectivity index (χ3v) is 5.26. The summed E-state index contributed by atoms with van der Waals surface area (Å²) in [5.41, 5.74) is 7.87. The molecule has 1 aliphatic rings. The summed E-state index contributed by atoms with van der Waals surface area (Å²) in [6.45, 7) is 5.88. The number of nitrogens with two attached hydrogens (primary N) is 1. The number of nitrogens with zero attached hydrogens (tertiary/aromatic N) is 7. The Balaban J connectivity index is 1.30. The lowest BCUT2D eigenvalue weighted by atomic mass is 10.2. The van der Waals surface area contributed by atoms with Crippen LogP contribution in [0, 0.1) is 6.92 Å². The Morgan fingerprint density at radius 1 is 1.00 bits per heavy atom. The van der Waals surface area contributed by atoms with Crippen LogP contribution in [0.3, 0.4) is 0 Å². The number of pyridine rings is 1. The van der Waals surface area contributed by atoms with Gasteiger partial charge in [0.15, 0.2) is 5.82 Å². The quantitative estimate of drug-likeness (QED) is 0.549. The smallest absolute Gasteiger partial charge is 0.261 e. The van der Waals surface area contributed by atoms with Crippen LogP contribution in [0.5, 0.6) is 0 Å². The van der Waals surface area contributed by atoms with Gasteiger partial charge < -0.3 is 15.2 Å². The minimum atomic E-state index is 0.498. The van der Waals surface area contributed by atoms with Crippen LogP contribution in [0.15, 0.2) is 47.1 Å². The molecule has 1 fully saturated rings. The minimum absolute atomic E-state index is 0.498. The van der Waals surface area contributed by atoms with Crippen molar-refractivity contribution in [2.45, 2.75) is 13.5 Å². The number of benzene rings is 1. The van der Waals surface area contributed by atoms with E-state index < -0.39 is 0 Å². The molecule has 152 valence electrons. The predicted molar refractivity (Wildman–Crippen MR) is 114 cm³/mol. The highest BCUT2D eigenvalue weighted by atomic mass is 16.5. The van der Waals surface area contributed by atoms with E-state index in [9.17, 15) is 0 Å². The summed E-state index contributed by atoms with van der Waals surface area (Å²) in [7, 11) is 0. The topological polar surface area (TPSA) is 110 Å². The zero-order valence-electron chi connectivity index (χ0n) is 16.7. The van der Waals surface area contributed by atoms with Crippen molar-refractivity contribution < 1.29 is 4.52 Å². The molecule has 1 aliphatic heterocycles. The van der Waals surface area contributed by atoms with Gasteiger partial charge in [-0.05, 0) is 31.2 Å². The molecule has 1 saturated heterocycles. The van der Waals surface area contributed by atoms with Gasteiger partial charge in [0.2, 0.25) is 0 Å². The van der Waals surface area contributed by atoms with E-state index in [4.69, 9.17) is 10.3 Å². The normalized spacial score (nSPS) is 15.0. The van der Waals surface area contributed by atoms with E-state index in [0.717, 1.165) is 54.3 Å². The lowest BCUT2D eigenvalue weighted by Crippen LogP contribution is -2.46. The fraction of sp³-hybridized carbons (Fsp3) is 0.286. The van der Waals surface area contributed by atoms with Crippen molar-refractivity contribution in [3.8, 4) is 11.5 Å². The number of aromatic nitrogens is 5. The molecule has 0 aliphatic carbocycles. The summed E-state index contributed by atoms with van der Waals surface area (Å²) < 4.78 is 5.36. The SMILES string of the molecule is Cc1noc(-c2cccnc2N2CCN(Cc3nc(N)c4ccccc4n3)CC2)n1. The molecule has 5 rings (SSSR count). The maximum Gasteiger partial charge on any atom is 0.261 e. The Kier molecular flexibility index (Phi) is 4.72. The first kappa shape index (κ1) is 18.4. The number of aryl methyl sites for hydroxylation is 1. The average molecular weight is 402 g/mol. The second kappa shape index (κ2) is 7.68. The van der Waals surface area contributed by atoms with Crippen molar-refractivity contribution >= 4 is 22.5 Å². The molecule has 2 N–H and O–H groups in total. The first-order chi connectivity index (χ1) is 14.7. The largest absolute Gasteiger partial charge is 0.383 e. The fourth-order valence-corrected chi connectivity index (χ4v) is 3.76. The van der Waals surface area contributed by atoms with E-state index in [1.54, 1.807) is 6.20 Å². The van der Waals surface area contributed by atoms with E-state index >= 15 is 0 Å². The lowest BCUT2D eigenvalue weighted by Gasteiger charge is -2.35. The molecule has 0 radical (unpaired) electrons. The third-order valence-electron chi connectivity index (χ3n) is 5.26. The summed E-state index contributed by atoms with van der Waals surface area (Å²) in [6.07, 6.45) is 1.79. The fourth-order valence-electron chi connectivity index (χ4n) is 3.76. The van der Waals surface area contributed by atoms with E-state index in [1.165, 1.54) is 0 Å². The summed E-state index contributed by atoms with van der Waals surface area (Å²) in [6, 6.07) is 11.7. The number of anilines is 2. The number of rotatable bonds is 4. The van der Waals surface area contributed by atoms with Crippen molar-refractivity contribution in [3.05, 3.63) is 54.2 Å². The molecule has 4 heterocycles. The molecular weight excluding hydrogens is 380 g/mol. The highest BCUT2D eigenvalue weighted by molar-refractivity contribution is 5.87. The molecule has 9 heteroatoms. The molecule has 0 amide bonds. The van der Waals surface area contributed by atoms with E-state index in [-0.39, 0.29) is 0 Å². The van der Waals surface area contributed by atoms with E-state index in [1.807, 2.05) is 43.3 Å². The molecule has 4 aromatic rings. The van der Waals surface area contributed by atoms with Crippen molar-refractivity contribution in [1.29, 1.82) is 0 Å². The third kappa shape index (κ3) is 3.55. The van der Waals surface area contributed by atoms with Crippen LogP contribution in [-0.2, 0) is 6.54 Å². The van der Waals surface area contributed by atoms with Crippen LogP contribution in [0.2, 0.25) is 0 Å². The van der Waals surface area contributed by atoms with Gasteiger partial charge in [0.1, 0.15) is 17.5 Å². The van der Waals surface area contributed by atoms with E-state index in [2.05, 4.69) is 34.9 Å². The molecule has 30 heavy (non-hydrogen) atoms. The molecule has 1 aromatic carbocycles. The highest BCUT2D eigenvalue weighted by Crippen LogP contribution is 2.28. The van der Waals surface area contributed by atoms with Crippen LogP contribution < -0.4 is 10.6 Å². The Morgan fingerprint density at radius 2 is 1.83 bits per heavy atom. The van der Waals surface area contributed by atoms with Crippen molar-refractivity contribution in [2.75, 3.05) is 36.8 Å². The lowest BCUT2D eigenvalue weighted by molar-refractivity contribution is 0.244. The van der Waals surface area contributed by atoms with Gasteiger partial charge in [-0.1, -0.05) is 17.3 Å². The monoisotopic (exact) mass is 402 g/mol. The molecule has 0 atom stereocenters. The summed E-state index contributed by atoms with van der Waals surface area (Å²) in [4.78, 5) is 22.7. The summed E-state index contributed by atoms with van der Waals surface area (Å²) in [5.74, 6) is 3.26. The number of hydrogen-bond donors (Lipinski definition) is 1. The van der Waals surface area contributed by atoms with Crippen LogP contribution >= 0.6 is 0 Å². The standard InChI is InChI=1S/C21H22N8O/c1-14-24-21(30-27-14)16-6-4-8-23-20(16)29-11-9-28(10-12-29)13-18-25-17-7-3-2-5-15(17)19(22)26-18/h2-8H,9-13H2,1H3,(H2,22,25,26). The van der Waals surface area contributed by atoms with Gasteiger partial charge in [-0.25, -0.2) is 15.0 Å². The van der Waals surface area contributed by atoms with Gasteiger partial charge in [-0.2, -0.15) is 4.98 Å². The summed E-state index contributed by atoms with van der Waals surface area (Å²) in [5, 5.41) is 4.80. The molecule has 3 aromatic heterocycles. The molecule has 0 bridgehead atoms. The van der Waals surface area contributed by atoms with Crippen LogP contribution in [0.4, 0.5) is 11.6 Å². The second-order valence-electron chi connectivity index (χ2n) is 7.33. The van der Waals surface area contributed by atoms with Crippen LogP contribution in [0.25, 0.3) is 22.4 Å². The molecule has 0 spiro atoms. The van der Waals surface area contributed by atoms with E-state index in [0.29, 0.717) is 24.1 Å². The molecule has 0 saturated carbocycles. The minimum Gasteiger partial charge on any atom is -0.383 e. The number of fused-ring (bicyclic) bond motifs is 1. The number of para-hydroxylation sites is 1. The van der Waals surface area contributed by atoms with Crippen molar-refractivity contribution in [1.82, 2.24) is 30.0 Å². The first-order valence-corrected chi connectivity index (χ1v) is 9.91. The predicted octanol–water partition coefficient (Wildman–Crippen LogP) is 2.29. The van der Waals surface area contributed by atoms with Crippen LogP contribution in [-0.4, -0.2) is 56.2 Å². The average Bonchev–Trinajstić information content (AvgIpc) is 3.21.